The van der Waals surface area contributed by atoms with E-state index in [-0.39, 0.29) is 5.41 Å². The SMILES string of the molecule is COCC1(c2n[nH]c(C)n2)CCNC1. The zero-order chi connectivity index (χ0) is 10.0. The third-order valence-electron chi connectivity index (χ3n) is 2.74. The highest BCUT2D eigenvalue weighted by Gasteiger charge is 2.39. The molecule has 0 aliphatic carbocycles. The lowest BCUT2D eigenvalue weighted by Gasteiger charge is -2.23. The number of H-pyrrole nitrogens is 1. The van der Waals surface area contributed by atoms with Crippen molar-refractivity contribution in [2.75, 3.05) is 26.8 Å². The molecule has 0 amide bonds. The molecule has 5 nitrogen and oxygen atoms in total. The average molecular weight is 196 g/mol. The minimum absolute atomic E-state index is 0.0283. The summed E-state index contributed by atoms with van der Waals surface area (Å²) >= 11 is 0. The largest absolute Gasteiger partial charge is 0.384 e. The maximum Gasteiger partial charge on any atom is 0.160 e. The molecule has 2 N–H and O–H groups in total. The third-order valence-corrected chi connectivity index (χ3v) is 2.74. The van der Waals surface area contributed by atoms with Gasteiger partial charge in [0.05, 0.1) is 12.0 Å². The molecule has 0 spiro atoms. The number of aromatic amines is 1. The van der Waals surface area contributed by atoms with Crippen molar-refractivity contribution in [2.24, 2.45) is 0 Å². The van der Waals surface area contributed by atoms with E-state index in [9.17, 15) is 0 Å². The highest BCUT2D eigenvalue weighted by Crippen LogP contribution is 2.28. The van der Waals surface area contributed by atoms with Gasteiger partial charge < -0.3 is 10.1 Å². The molecule has 1 aliphatic heterocycles. The quantitative estimate of drug-likeness (QED) is 0.713. The fourth-order valence-electron chi connectivity index (χ4n) is 1.98. The van der Waals surface area contributed by atoms with E-state index in [4.69, 9.17) is 4.74 Å². The summed E-state index contributed by atoms with van der Waals surface area (Å²) in [5, 5.41) is 10.4. The Morgan fingerprint density at radius 2 is 2.43 bits per heavy atom. The van der Waals surface area contributed by atoms with Gasteiger partial charge >= 0.3 is 0 Å². The molecule has 1 aromatic heterocycles. The monoisotopic (exact) mass is 196 g/mol. The number of nitrogens with one attached hydrogen (secondary N) is 2. The van der Waals surface area contributed by atoms with Crippen LogP contribution in [0.15, 0.2) is 0 Å². The lowest BCUT2D eigenvalue weighted by atomic mass is 9.87. The van der Waals surface area contributed by atoms with Gasteiger partial charge in [-0.1, -0.05) is 0 Å². The second-order valence-corrected chi connectivity index (χ2v) is 3.88. The molecule has 0 radical (unpaired) electrons. The smallest absolute Gasteiger partial charge is 0.160 e. The first-order valence-electron chi connectivity index (χ1n) is 4.86. The molecule has 1 saturated heterocycles. The van der Waals surface area contributed by atoms with Crippen molar-refractivity contribution < 1.29 is 4.74 Å². The molecule has 0 saturated carbocycles. The van der Waals surface area contributed by atoms with Crippen LogP contribution in [0.3, 0.4) is 0 Å². The van der Waals surface area contributed by atoms with Gasteiger partial charge in [-0.25, -0.2) is 4.98 Å². The molecule has 1 atom stereocenters. The zero-order valence-corrected chi connectivity index (χ0v) is 8.63. The van der Waals surface area contributed by atoms with E-state index >= 15 is 0 Å². The highest BCUT2D eigenvalue weighted by atomic mass is 16.5. The van der Waals surface area contributed by atoms with E-state index in [1.807, 2.05) is 6.92 Å². The van der Waals surface area contributed by atoms with Crippen LogP contribution in [-0.4, -0.2) is 42.0 Å². The number of hydrogen-bond acceptors (Lipinski definition) is 4. The van der Waals surface area contributed by atoms with Crippen molar-refractivity contribution in [3.05, 3.63) is 11.6 Å². The molecule has 0 bridgehead atoms. The highest BCUT2D eigenvalue weighted by molar-refractivity contribution is 5.12. The zero-order valence-electron chi connectivity index (χ0n) is 8.63. The van der Waals surface area contributed by atoms with E-state index in [2.05, 4.69) is 20.5 Å². The molecule has 1 aromatic rings. The van der Waals surface area contributed by atoms with Crippen LogP contribution in [-0.2, 0) is 10.2 Å². The Labute approximate surface area is 83.3 Å². The molecule has 14 heavy (non-hydrogen) atoms. The van der Waals surface area contributed by atoms with Gasteiger partial charge in [0.25, 0.3) is 0 Å². The van der Waals surface area contributed by atoms with Gasteiger partial charge in [-0.3, -0.25) is 5.10 Å². The fourth-order valence-corrected chi connectivity index (χ4v) is 1.98. The van der Waals surface area contributed by atoms with Crippen molar-refractivity contribution in [3.63, 3.8) is 0 Å². The average Bonchev–Trinajstić information content (AvgIpc) is 2.75. The molecule has 78 valence electrons. The predicted molar refractivity (Wildman–Crippen MR) is 52.2 cm³/mol. The Morgan fingerprint density at radius 3 is 2.93 bits per heavy atom. The summed E-state index contributed by atoms with van der Waals surface area (Å²) in [7, 11) is 1.72. The van der Waals surface area contributed by atoms with Crippen LogP contribution in [0.5, 0.6) is 0 Å². The molecule has 2 rings (SSSR count). The number of rotatable bonds is 3. The molecule has 1 unspecified atom stereocenters. The second-order valence-electron chi connectivity index (χ2n) is 3.88. The van der Waals surface area contributed by atoms with Gasteiger partial charge in [0.2, 0.25) is 0 Å². The summed E-state index contributed by atoms with van der Waals surface area (Å²) in [5.74, 6) is 1.74. The van der Waals surface area contributed by atoms with Crippen LogP contribution < -0.4 is 5.32 Å². The van der Waals surface area contributed by atoms with Crippen LogP contribution in [0.2, 0.25) is 0 Å². The Hall–Kier alpha value is -0.940. The van der Waals surface area contributed by atoms with Crippen LogP contribution in [0.4, 0.5) is 0 Å². The lowest BCUT2D eigenvalue weighted by molar-refractivity contribution is 0.134. The Kier molecular flexibility index (Phi) is 2.52. The topological polar surface area (TPSA) is 62.8 Å². The number of nitrogens with zero attached hydrogens (tertiary/aromatic N) is 2. The Morgan fingerprint density at radius 1 is 1.57 bits per heavy atom. The standard InChI is InChI=1S/C9H16N4O/c1-7-11-8(13-12-7)9(6-14-2)3-4-10-5-9/h10H,3-6H2,1-2H3,(H,11,12,13). The maximum absolute atomic E-state index is 5.26. The van der Waals surface area contributed by atoms with E-state index in [1.54, 1.807) is 7.11 Å². The predicted octanol–water partition coefficient (Wildman–Crippen LogP) is -0.00938. The maximum atomic E-state index is 5.26. The third kappa shape index (κ3) is 1.53. The Balaban J connectivity index is 2.26. The van der Waals surface area contributed by atoms with Gasteiger partial charge in [0, 0.05) is 13.7 Å². The van der Waals surface area contributed by atoms with Crippen molar-refractivity contribution in [3.8, 4) is 0 Å². The molecule has 0 aromatic carbocycles. The minimum Gasteiger partial charge on any atom is -0.384 e. The molecule has 1 aliphatic rings. The Bertz CT molecular complexity index is 304. The van der Waals surface area contributed by atoms with Crippen LogP contribution in [0, 0.1) is 6.92 Å². The van der Waals surface area contributed by atoms with Gasteiger partial charge in [-0.05, 0) is 19.9 Å². The van der Waals surface area contributed by atoms with Gasteiger partial charge in [0.1, 0.15) is 5.82 Å². The summed E-state index contributed by atoms with van der Waals surface area (Å²) < 4.78 is 5.26. The first kappa shape index (κ1) is 9.61. The minimum atomic E-state index is -0.0283. The molecular formula is C9H16N4O. The number of aromatic nitrogens is 3. The van der Waals surface area contributed by atoms with Crippen LogP contribution >= 0.6 is 0 Å². The number of ether oxygens (including phenoxy) is 1. The normalized spacial score (nSPS) is 27.0. The van der Waals surface area contributed by atoms with Gasteiger partial charge in [-0.2, -0.15) is 5.10 Å². The van der Waals surface area contributed by atoms with E-state index in [1.165, 1.54) is 0 Å². The first-order valence-corrected chi connectivity index (χ1v) is 4.86. The van der Waals surface area contributed by atoms with Gasteiger partial charge in [0.15, 0.2) is 5.82 Å². The lowest BCUT2D eigenvalue weighted by Crippen LogP contribution is -2.35. The van der Waals surface area contributed by atoms with Crippen molar-refractivity contribution in [2.45, 2.75) is 18.8 Å². The number of hydrogen-bond donors (Lipinski definition) is 2. The second kappa shape index (κ2) is 3.67. The van der Waals surface area contributed by atoms with Gasteiger partial charge in [-0.15, -0.1) is 0 Å². The van der Waals surface area contributed by atoms with Crippen LogP contribution in [0.25, 0.3) is 0 Å². The van der Waals surface area contributed by atoms with Crippen molar-refractivity contribution in [1.82, 2.24) is 20.5 Å². The summed E-state index contributed by atoms with van der Waals surface area (Å²) in [5.41, 5.74) is -0.0283. The molecule has 2 heterocycles. The number of aryl methyl sites for hydroxylation is 1. The molecule has 1 fully saturated rings. The molecular weight excluding hydrogens is 180 g/mol. The summed E-state index contributed by atoms with van der Waals surface area (Å²) in [6.07, 6.45) is 1.04. The van der Waals surface area contributed by atoms with E-state index < -0.39 is 0 Å². The summed E-state index contributed by atoms with van der Waals surface area (Å²) in [4.78, 5) is 4.40. The number of methoxy groups -OCH3 is 1. The first-order chi connectivity index (χ1) is 6.77. The summed E-state index contributed by atoms with van der Waals surface area (Å²) in [6, 6.07) is 0. The van der Waals surface area contributed by atoms with Crippen molar-refractivity contribution in [1.29, 1.82) is 0 Å². The van der Waals surface area contributed by atoms with E-state index in [0.29, 0.717) is 6.61 Å². The van der Waals surface area contributed by atoms with E-state index in [0.717, 1.165) is 31.2 Å². The summed E-state index contributed by atoms with van der Waals surface area (Å²) in [6.45, 7) is 4.51. The van der Waals surface area contributed by atoms with Crippen LogP contribution in [0.1, 0.15) is 18.1 Å². The molecule has 5 heteroatoms. The van der Waals surface area contributed by atoms with Crippen molar-refractivity contribution >= 4 is 0 Å². The fraction of sp³-hybridized carbons (Fsp3) is 0.778.